The Labute approximate surface area is 225 Å². The van der Waals surface area contributed by atoms with Gasteiger partial charge in [-0.05, 0) is 74.1 Å². The largest absolute Gasteiger partial charge is 0.481 e. The number of carboxylic acids is 2. The maximum Gasteiger partial charge on any atom is 0.408 e. The fourth-order valence-corrected chi connectivity index (χ4v) is 4.01. The molecule has 0 spiro atoms. The number of allylic oxidation sites excluding steroid dienone is 5. The summed E-state index contributed by atoms with van der Waals surface area (Å²) < 4.78 is 5.07. The van der Waals surface area contributed by atoms with Crippen LogP contribution in [0.25, 0.3) is 0 Å². The van der Waals surface area contributed by atoms with Gasteiger partial charge in [0.2, 0.25) is 5.91 Å². The number of carboxylic acid groups (broad SMARTS) is 2. The summed E-state index contributed by atoms with van der Waals surface area (Å²) in [5, 5.41) is 23.1. The molecular formula is C27H44N2O7S. The van der Waals surface area contributed by atoms with E-state index < -0.39 is 48.0 Å². The molecule has 0 aliphatic heterocycles. The molecule has 37 heavy (non-hydrogen) atoms. The van der Waals surface area contributed by atoms with Gasteiger partial charge in [-0.2, -0.15) is 11.8 Å². The van der Waals surface area contributed by atoms with Crippen molar-refractivity contribution in [3.63, 3.8) is 0 Å². The Morgan fingerprint density at radius 1 is 0.865 bits per heavy atom. The lowest BCUT2D eigenvalue weighted by atomic mass is 10.1. The standard InChI is InChI=1S/C27H44N2O7S/c1-18(2)10-8-11-19(3)12-9-13-20(4)14-15-37-17-22(25(33)34)28-24(32)21(16-23(30)31)29-26(35)36-27(5,6)7/h10,12,14,21-22H,8-9,11,13,15-17H2,1-7H3,(H,28,32)(H,29,35)(H,30,31)(H,33,34)/t21?,22-/m0/s1. The van der Waals surface area contributed by atoms with Gasteiger partial charge < -0.3 is 25.6 Å². The van der Waals surface area contributed by atoms with Gasteiger partial charge in [-0.25, -0.2) is 9.59 Å². The molecular weight excluding hydrogens is 496 g/mol. The van der Waals surface area contributed by atoms with Gasteiger partial charge >= 0.3 is 18.0 Å². The first-order chi connectivity index (χ1) is 17.1. The molecule has 0 aliphatic carbocycles. The minimum absolute atomic E-state index is 0.0838. The van der Waals surface area contributed by atoms with Gasteiger partial charge in [-0.1, -0.05) is 34.9 Å². The molecule has 0 heterocycles. The summed E-state index contributed by atoms with van der Waals surface area (Å²) in [5.74, 6) is -2.82. The molecule has 0 bridgehead atoms. The Morgan fingerprint density at radius 3 is 1.95 bits per heavy atom. The normalized spacial score (nSPS) is 13.8. The summed E-state index contributed by atoms with van der Waals surface area (Å²) in [5.41, 5.74) is 3.04. The molecule has 0 aliphatic rings. The number of rotatable bonds is 16. The van der Waals surface area contributed by atoms with Crippen molar-refractivity contribution < 1.29 is 34.1 Å². The van der Waals surface area contributed by atoms with E-state index in [1.807, 2.05) is 13.0 Å². The van der Waals surface area contributed by atoms with Crippen molar-refractivity contribution >= 4 is 35.7 Å². The molecule has 4 N–H and O–H groups in total. The number of aliphatic carboxylic acids is 2. The molecule has 2 atom stereocenters. The number of alkyl carbamates (subject to hydrolysis) is 1. The lowest BCUT2D eigenvalue weighted by Gasteiger charge is -2.23. The summed E-state index contributed by atoms with van der Waals surface area (Å²) in [6.45, 7) is 13.2. The molecule has 0 aromatic heterocycles. The number of carbonyl (C=O) groups is 4. The molecule has 9 nitrogen and oxygen atoms in total. The van der Waals surface area contributed by atoms with Gasteiger partial charge in [0, 0.05) is 11.5 Å². The van der Waals surface area contributed by atoms with Crippen LogP contribution in [0.15, 0.2) is 34.9 Å². The minimum atomic E-state index is -1.47. The highest BCUT2D eigenvalue weighted by Gasteiger charge is 2.29. The lowest BCUT2D eigenvalue weighted by molar-refractivity contribution is -0.142. The van der Waals surface area contributed by atoms with E-state index >= 15 is 0 Å². The van der Waals surface area contributed by atoms with Crippen molar-refractivity contribution in [3.8, 4) is 0 Å². The van der Waals surface area contributed by atoms with Crippen LogP contribution in [0.5, 0.6) is 0 Å². The van der Waals surface area contributed by atoms with E-state index in [0.717, 1.165) is 25.7 Å². The number of ether oxygens (including phenoxy) is 1. The molecule has 0 saturated carbocycles. The Kier molecular flexibility index (Phi) is 16.3. The zero-order valence-electron chi connectivity index (χ0n) is 23.2. The Hall–Kier alpha value is -2.75. The van der Waals surface area contributed by atoms with E-state index in [9.17, 15) is 24.3 Å². The maximum absolute atomic E-state index is 12.6. The van der Waals surface area contributed by atoms with Gasteiger partial charge in [0.1, 0.15) is 17.7 Å². The number of carbonyl (C=O) groups excluding carboxylic acids is 2. The zero-order chi connectivity index (χ0) is 28.6. The van der Waals surface area contributed by atoms with Crippen LogP contribution in [0, 0.1) is 0 Å². The monoisotopic (exact) mass is 540 g/mol. The van der Waals surface area contributed by atoms with E-state index in [2.05, 4.69) is 43.6 Å². The molecule has 10 heteroatoms. The predicted molar refractivity (Wildman–Crippen MR) is 148 cm³/mol. The number of nitrogens with one attached hydrogen (secondary N) is 2. The summed E-state index contributed by atoms with van der Waals surface area (Å²) in [7, 11) is 0. The molecule has 0 aromatic rings. The van der Waals surface area contributed by atoms with E-state index in [4.69, 9.17) is 9.84 Å². The second-order valence-corrected chi connectivity index (χ2v) is 11.3. The van der Waals surface area contributed by atoms with Gasteiger partial charge in [-0.3, -0.25) is 9.59 Å². The predicted octanol–water partition coefficient (Wildman–Crippen LogP) is 5.08. The smallest absolute Gasteiger partial charge is 0.408 e. The highest BCUT2D eigenvalue weighted by atomic mass is 32.2. The van der Waals surface area contributed by atoms with Crippen LogP contribution < -0.4 is 10.6 Å². The van der Waals surface area contributed by atoms with Crippen LogP contribution in [0.4, 0.5) is 4.79 Å². The van der Waals surface area contributed by atoms with Gasteiger partial charge in [0.15, 0.2) is 0 Å². The average Bonchev–Trinajstić information content (AvgIpc) is 2.73. The molecule has 0 saturated heterocycles. The Balaban J connectivity index is 4.78. The number of amides is 2. The van der Waals surface area contributed by atoms with Gasteiger partial charge in [0.25, 0.3) is 0 Å². The molecule has 0 fully saturated rings. The third-order valence-electron chi connectivity index (χ3n) is 4.96. The second kappa shape index (κ2) is 17.7. The van der Waals surface area contributed by atoms with Crippen molar-refractivity contribution in [1.29, 1.82) is 0 Å². The molecule has 210 valence electrons. The second-order valence-electron chi connectivity index (χ2n) is 10.2. The first-order valence-corrected chi connectivity index (χ1v) is 13.5. The average molecular weight is 541 g/mol. The molecule has 0 radical (unpaired) electrons. The van der Waals surface area contributed by atoms with Crippen LogP contribution in [0.3, 0.4) is 0 Å². The topological polar surface area (TPSA) is 142 Å². The van der Waals surface area contributed by atoms with Crippen LogP contribution in [0.1, 0.15) is 80.6 Å². The van der Waals surface area contributed by atoms with Crippen LogP contribution in [-0.2, 0) is 19.1 Å². The first-order valence-electron chi connectivity index (χ1n) is 12.4. The lowest BCUT2D eigenvalue weighted by Crippen LogP contribution is -2.53. The summed E-state index contributed by atoms with van der Waals surface area (Å²) in [6.07, 6.45) is 8.79. The maximum atomic E-state index is 12.6. The third kappa shape index (κ3) is 19.1. The van der Waals surface area contributed by atoms with Crippen molar-refractivity contribution in [2.24, 2.45) is 0 Å². The SMILES string of the molecule is CC(C)=CCCC(C)=CCCC(C)=CCSC[C@H](NC(=O)C(CC(=O)O)NC(=O)OC(C)(C)C)C(=O)O. The van der Waals surface area contributed by atoms with Crippen molar-refractivity contribution in [1.82, 2.24) is 10.6 Å². The fraction of sp³-hybridized carbons (Fsp3) is 0.630. The van der Waals surface area contributed by atoms with Crippen molar-refractivity contribution in [3.05, 3.63) is 34.9 Å². The van der Waals surface area contributed by atoms with E-state index in [0.29, 0.717) is 5.75 Å². The number of hydrogen-bond donors (Lipinski definition) is 4. The fourth-order valence-electron chi connectivity index (χ4n) is 3.01. The molecule has 0 rings (SSSR count). The third-order valence-corrected chi connectivity index (χ3v) is 5.93. The molecule has 2 amide bonds. The highest BCUT2D eigenvalue weighted by Crippen LogP contribution is 2.13. The Morgan fingerprint density at radius 2 is 1.43 bits per heavy atom. The van der Waals surface area contributed by atoms with Gasteiger partial charge in [0.05, 0.1) is 6.42 Å². The first kappa shape index (κ1) is 34.2. The van der Waals surface area contributed by atoms with E-state index in [-0.39, 0.29) is 5.75 Å². The molecule has 0 aromatic carbocycles. The quantitative estimate of drug-likeness (QED) is 0.157. The van der Waals surface area contributed by atoms with Crippen LogP contribution in [0.2, 0.25) is 0 Å². The summed E-state index contributed by atoms with van der Waals surface area (Å²) >= 11 is 1.34. The number of hydrogen-bond acceptors (Lipinski definition) is 6. The Bertz CT molecular complexity index is 868. The van der Waals surface area contributed by atoms with E-state index in [1.54, 1.807) is 20.8 Å². The molecule has 1 unspecified atom stereocenters. The zero-order valence-corrected chi connectivity index (χ0v) is 24.0. The minimum Gasteiger partial charge on any atom is -0.481 e. The van der Waals surface area contributed by atoms with Crippen LogP contribution >= 0.6 is 11.8 Å². The van der Waals surface area contributed by atoms with Crippen molar-refractivity contribution in [2.45, 2.75) is 98.3 Å². The van der Waals surface area contributed by atoms with Crippen LogP contribution in [-0.4, -0.2) is 63.3 Å². The summed E-state index contributed by atoms with van der Waals surface area (Å²) in [4.78, 5) is 47.4. The van der Waals surface area contributed by atoms with Gasteiger partial charge in [-0.15, -0.1) is 0 Å². The number of thioether (sulfide) groups is 1. The highest BCUT2D eigenvalue weighted by molar-refractivity contribution is 7.99. The van der Waals surface area contributed by atoms with Crippen molar-refractivity contribution in [2.75, 3.05) is 11.5 Å². The van der Waals surface area contributed by atoms with E-state index in [1.165, 1.54) is 28.5 Å². The summed E-state index contributed by atoms with van der Waals surface area (Å²) in [6, 6.07) is -2.71.